The normalized spacial score (nSPS) is 20.4. The molecular weight excluding hydrogens is 353 g/mol. The highest BCUT2D eigenvalue weighted by atomic mass is 19.1. The minimum Gasteiger partial charge on any atom is -0.503 e. The predicted molar refractivity (Wildman–Crippen MR) is 98.1 cm³/mol. The lowest BCUT2D eigenvalue weighted by Gasteiger charge is -2.33. The van der Waals surface area contributed by atoms with Gasteiger partial charge in [-0.25, -0.2) is 9.18 Å². The second-order valence-electron chi connectivity index (χ2n) is 6.82. The summed E-state index contributed by atoms with van der Waals surface area (Å²) in [7, 11) is 1.36. The highest BCUT2D eigenvalue weighted by molar-refractivity contribution is 5.67. The van der Waals surface area contributed by atoms with Gasteiger partial charge in [0.25, 0.3) is 5.56 Å². The molecule has 0 bridgehead atoms. The van der Waals surface area contributed by atoms with Crippen LogP contribution in [0.4, 0.5) is 9.18 Å². The van der Waals surface area contributed by atoms with Crippen molar-refractivity contribution in [2.24, 2.45) is 5.92 Å². The second kappa shape index (κ2) is 8.39. The number of hydrogen-bond acceptors (Lipinski definition) is 5. The summed E-state index contributed by atoms with van der Waals surface area (Å²) in [5.74, 6) is -0.489. The van der Waals surface area contributed by atoms with Gasteiger partial charge in [-0.2, -0.15) is 0 Å². The quantitative estimate of drug-likeness (QED) is 0.867. The van der Waals surface area contributed by atoms with Gasteiger partial charge in [0.15, 0.2) is 5.75 Å². The fourth-order valence-electron chi connectivity index (χ4n) is 3.36. The van der Waals surface area contributed by atoms with Gasteiger partial charge in [-0.05, 0) is 30.6 Å². The summed E-state index contributed by atoms with van der Waals surface area (Å²) in [6.45, 7) is 3.20. The molecule has 0 saturated carbocycles. The largest absolute Gasteiger partial charge is 0.503 e. The van der Waals surface area contributed by atoms with Crippen LogP contribution in [-0.2, 0) is 17.8 Å². The number of pyridine rings is 1. The molecule has 0 spiro atoms. The van der Waals surface area contributed by atoms with Gasteiger partial charge in [-0.1, -0.05) is 6.08 Å². The molecule has 146 valence electrons. The molecule has 1 N–H and O–H groups in total. The molecular formula is C19H24FN3O4. The van der Waals surface area contributed by atoms with Crippen LogP contribution in [0, 0.1) is 5.92 Å². The van der Waals surface area contributed by atoms with Crippen molar-refractivity contribution in [3.05, 3.63) is 52.2 Å². The van der Waals surface area contributed by atoms with E-state index in [0.29, 0.717) is 51.3 Å². The molecule has 0 radical (unpaired) electrons. The van der Waals surface area contributed by atoms with E-state index >= 15 is 0 Å². The van der Waals surface area contributed by atoms with Crippen molar-refractivity contribution in [1.82, 2.24) is 14.4 Å². The summed E-state index contributed by atoms with van der Waals surface area (Å²) in [6, 6.07) is 1.74. The van der Waals surface area contributed by atoms with Crippen LogP contribution in [0.1, 0.15) is 12.0 Å². The molecule has 1 amide bonds. The lowest BCUT2D eigenvalue weighted by Crippen LogP contribution is -2.48. The third kappa shape index (κ3) is 4.57. The number of aromatic hydroxyl groups is 1. The van der Waals surface area contributed by atoms with E-state index in [1.54, 1.807) is 23.2 Å². The number of amides is 1. The average Bonchev–Trinajstić information content (AvgIpc) is 2.69. The number of carbonyl (C=O) groups is 1. The lowest BCUT2D eigenvalue weighted by atomic mass is 10.0. The number of aromatic nitrogens is 1. The summed E-state index contributed by atoms with van der Waals surface area (Å²) in [5, 5.41) is 10.3. The Bertz CT molecular complexity index is 810. The van der Waals surface area contributed by atoms with E-state index in [9.17, 15) is 19.1 Å². The third-order valence-electron chi connectivity index (χ3n) is 5.00. The van der Waals surface area contributed by atoms with Crippen LogP contribution in [0.25, 0.3) is 0 Å². The minimum absolute atomic E-state index is 0.0267. The molecule has 1 aromatic heterocycles. The Balaban J connectivity index is 1.61. The van der Waals surface area contributed by atoms with E-state index in [-0.39, 0.29) is 23.6 Å². The fourth-order valence-corrected chi connectivity index (χ4v) is 3.36. The van der Waals surface area contributed by atoms with Gasteiger partial charge in [0.2, 0.25) is 0 Å². The molecule has 2 aliphatic rings. The summed E-state index contributed by atoms with van der Waals surface area (Å²) < 4.78 is 19.2. The van der Waals surface area contributed by atoms with Gasteiger partial charge >= 0.3 is 6.09 Å². The minimum atomic E-state index is -0.441. The van der Waals surface area contributed by atoms with E-state index in [1.165, 1.54) is 23.8 Å². The fraction of sp³-hybridized carbons (Fsp3) is 0.474. The van der Waals surface area contributed by atoms with Gasteiger partial charge in [0.05, 0.1) is 7.11 Å². The van der Waals surface area contributed by atoms with Crippen LogP contribution in [0.2, 0.25) is 0 Å². The Morgan fingerprint density at radius 1 is 1.33 bits per heavy atom. The first-order chi connectivity index (χ1) is 13.0. The molecule has 2 heterocycles. The molecule has 1 unspecified atom stereocenters. The smallest absolute Gasteiger partial charge is 0.409 e. The SMILES string of the molecule is COC(=O)N1CCN(Cc2ccn(CC3C=CC(F)=CC3)c(=O)c2O)CC1. The van der Waals surface area contributed by atoms with E-state index in [0.717, 1.165) is 0 Å². The van der Waals surface area contributed by atoms with Crippen molar-refractivity contribution < 1.29 is 19.0 Å². The molecule has 0 aromatic carbocycles. The van der Waals surface area contributed by atoms with Crippen LogP contribution in [0.5, 0.6) is 5.75 Å². The maximum absolute atomic E-state index is 13.0. The van der Waals surface area contributed by atoms with Crippen molar-refractivity contribution in [2.75, 3.05) is 33.3 Å². The van der Waals surface area contributed by atoms with E-state index in [1.807, 2.05) is 0 Å². The van der Waals surface area contributed by atoms with Gasteiger partial charge in [0, 0.05) is 51.0 Å². The van der Waals surface area contributed by atoms with Crippen LogP contribution >= 0.6 is 0 Å². The number of halogens is 1. The molecule has 1 saturated heterocycles. The molecule has 1 aromatic rings. The van der Waals surface area contributed by atoms with E-state index in [2.05, 4.69) is 4.90 Å². The lowest BCUT2D eigenvalue weighted by molar-refractivity contribution is 0.0885. The number of rotatable bonds is 4. The molecule has 1 aliphatic carbocycles. The van der Waals surface area contributed by atoms with Gasteiger partial charge < -0.3 is 19.3 Å². The molecule has 1 fully saturated rings. The average molecular weight is 377 g/mol. The van der Waals surface area contributed by atoms with Crippen molar-refractivity contribution >= 4 is 6.09 Å². The van der Waals surface area contributed by atoms with Gasteiger partial charge in [0.1, 0.15) is 5.83 Å². The maximum Gasteiger partial charge on any atom is 0.409 e. The van der Waals surface area contributed by atoms with Gasteiger partial charge in [-0.3, -0.25) is 9.69 Å². The van der Waals surface area contributed by atoms with Crippen molar-refractivity contribution in [1.29, 1.82) is 0 Å². The van der Waals surface area contributed by atoms with Gasteiger partial charge in [-0.15, -0.1) is 0 Å². The Kier molecular flexibility index (Phi) is 5.95. The first-order valence-electron chi connectivity index (χ1n) is 8.98. The third-order valence-corrected chi connectivity index (χ3v) is 5.00. The van der Waals surface area contributed by atoms with E-state index in [4.69, 9.17) is 4.74 Å². The number of piperazine rings is 1. The molecule has 3 rings (SSSR count). The number of carbonyl (C=O) groups excluding carboxylic acids is 1. The Morgan fingerprint density at radius 2 is 2.07 bits per heavy atom. The summed E-state index contributed by atoms with van der Waals surface area (Å²) in [6.07, 6.45) is 6.51. The standard InChI is InChI=1S/C19H24FN3O4/c1-27-19(26)22-10-8-21(9-11-22)13-15-6-7-23(18(25)17(15)24)12-14-2-4-16(20)5-3-14/h2,4-7,14,24H,3,8-13H2,1H3. The zero-order valence-electron chi connectivity index (χ0n) is 15.3. The number of ether oxygens (including phenoxy) is 1. The molecule has 1 atom stereocenters. The zero-order valence-corrected chi connectivity index (χ0v) is 15.3. The maximum atomic E-state index is 13.0. The van der Waals surface area contributed by atoms with Crippen molar-refractivity contribution in [3.63, 3.8) is 0 Å². The van der Waals surface area contributed by atoms with E-state index < -0.39 is 5.56 Å². The molecule has 7 nitrogen and oxygen atoms in total. The Labute approximate surface area is 156 Å². The monoisotopic (exact) mass is 377 g/mol. The highest BCUT2D eigenvalue weighted by Crippen LogP contribution is 2.20. The van der Waals surface area contributed by atoms with Crippen LogP contribution < -0.4 is 5.56 Å². The molecule has 27 heavy (non-hydrogen) atoms. The van der Waals surface area contributed by atoms with Crippen molar-refractivity contribution in [2.45, 2.75) is 19.5 Å². The van der Waals surface area contributed by atoms with Crippen LogP contribution in [0.15, 0.2) is 41.1 Å². The highest BCUT2D eigenvalue weighted by Gasteiger charge is 2.22. The topological polar surface area (TPSA) is 75.0 Å². The van der Waals surface area contributed by atoms with Crippen LogP contribution in [0.3, 0.4) is 0 Å². The number of methoxy groups -OCH3 is 1. The molecule has 1 aliphatic heterocycles. The Hall–Kier alpha value is -2.61. The Morgan fingerprint density at radius 3 is 2.70 bits per heavy atom. The number of nitrogens with zero attached hydrogens (tertiary/aromatic N) is 3. The summed E-state index contributed by atoms with van der Waals surface area (Å²) in [5.41, 5.74) is 0.122. The number of allylic oxidation sites excluding steroid dienone is 4. The predicted octanol–water partition coefficient (Wildman–Crippen LogP) is 1.87. The summed E-state index contributed by atoms with van der Waals surface area (Å²) >= 11 is 0. The number of hydrogen-bond donors (Lipinski definition) is 1. The van der Waals surface area contributed by atoms with Crippen molar-refractivity contribution in [3.8, 4) is 5.75 Å². The van der Waals surface area contributed by atoms with Crippen LogP contribution in [-0.4, -0.2) is 58.9 Å². The first-order valence-corrected chi connectivity index (χ1v) is 8.98. The zero-order chi connectivity index (χ0) is 19.4. The summed E-state index contributed by atoms with van der Waals surface area (Å²) in [4.78, 5) is 27.7. The first kappa shape index (κ1) is 19.2. The molecule has 8 heteroatoms. The second-order valence-corrected chi connectivity index (χ2v) is 6.82.